The monoisotopic (exact) mass is 497 g/mol. The van der Waals surface area contributed by atoms with E-state index < -0.39 is 5.60 Å². The molecule has 0 spiro atoms. The highest BCUT2D eigenvalue weighted by atomic mass is 16.5. The van der Waals surface area contributed by atoms with Crippen LogP contribution in [0.5, 0.6) is 0 Å². The summed E-state index contributed by atoms with van der Waals surface area (Å²) in [6.45, 7) is 8.60. The molecule has 7 atom stereocenters. The molecule has 0 aliphatic heterocycles. The number of aliphatic hydroxyl groups is 1. The minimum absolute atomic E-state index is 0.0447. The molecule has 0 aromatic heterocycles. The molecular weight excluding hydrogens is 446 g/mol. The molecule has 3 saturated carbocycles. The molecule has 4 nitrogen and oxygen atoms in total. The van der Waals surface area contributed by atoms with E-state index in [4.69, 9.17) is 10.00 Å². The van der Waals surface area contributed by atoms with Crippen LogP contribution >= 0.6 is 0 Å². The normalized spacial score (nSPS) is 39.6. The van der Waals surface area contributed by atoms with Crippen molar-refractivity contribution in [2.45, 2.75) is 129 Å². The summed E-state index contributed by atoms with van der Waals surface area (Å²) >= 11 is 0. The van der Waals surface area contributed by atoms with Gasteiger partial charge in [-0.3, -0.25) is 4.79 Å². The lowest BCUT2D eigenvalue weighted by molar-refractivity contribution is -0.135. The van der Waals surface area contributed by atoms with Crippen molar-refractivity contribution >= 4 is 5.78 Å². The highest BCUT2D eigenvalue weighted by Gasteiger charge is 2.64. The molecule has 4 aliphatic carbocycles. The van der Waals surface area contributed by atoms with Crippen LogP contribution in [0.1, 0.15) is 124 Å². The van der Waals surface area contributed by atoms with Crippen LogP contribution in [0, 0.1) is 45.8 Å². The van der Waals surface area contributed by atoms with Crippen LogP contribution in [0.4, 0.5) is 0 Å². The first-order chi connectivity index (χ1) is 17.2. The summed E-state index contributed by atoms with van der Waals surface area (Å²) in [5, 5.41) is 19.9. The Balaban J connectivity index is 1.31. The van der Waals surface area contributed by atoms with Gasteiger partial charge in [-0.25, -0.2) is 0 Å². The minimum atomic E-state index is -0.537. The van der Waals surface area contributed by atoms with E-state index in [1.807, 2.05) is 6.08 Å². The van der Waals surface area contributed by atoms with Crippen molar-refractivity contribution in [3.05, 3.63) is 11.6 Å². The van der Waals surface area contributed by atoms with Crippen LogP contribution in [-0.2, 0) is 9.53 Å². The van der Waals surface area contributed by atoms with E-state index >= 15 is 0 Å². The smallest absolute Gasteiger partial charge is 0.155 e. The number of fused-ring (bicyclic) bond motifs is 5. The summed E-state index contributed by atoms with van der Waals surface area (Å²) in [7, 11) is 0. The first-order valence-electron chi connectivity index (χ1n) is 15.1. The van der Waals surface area contributed by atoms with Crippen molar-refractivity contribution in [2.75, 3.05) is 13.2 Å². The maximum absolute atomic E-state index is 12.4. The molecule has 0 saturated heterocycles. The number of carbonyl (C=O) groups is 1. The Morgan fingerprint density at radius 3 is 2.44 bits per heavy atom. The van der Waals surface area contributed by atoms with Crippen molar-refractivity contribution < 1.29 is 14.6 Å². The fourth-order valence-electron chi connectivity index (χ4n) is 8.90. The quantitative estimate of drug-likeness (QED) is 0.283. The Morgan fingerprint density at radius 2 is 1.67 bits per heavy atom. The van der Waals surface area contributed by atoms with Gasteiger partial charge >= 0.3 is 0 Å². The van der Waals surface area contributed by atoms with Gasteiger partial charge in [0.05, 0.1) is 11.7 Å². The number of nitrogens with zero attached hydrogens (tertiary/aromatic N) is 1. The molecule has 0 aromatic rings. The van der Waals surface area contributed by atoms with Gasteiger partial charge in [0, 0.05) is 26.1 Å². The Morgan fingerprint density at radius 1 is 0.972 bits per heavy atom. The molecule has 0 radical (unpaired) electrons. The fraction of sp³-hybridized carbons (Fsp3) is 0.875. The summed E-state index contributed by atoms with van der Waals surface area (Å²) in [4.78, 5) is 12.4. The third-order valence-corrected chi connectivity index (χ3v) is 11.4. The third kappa shape index (κ3) is 5.49. The number of hydrogen-bond acceptors (Lipinski definition) is 4. The van der Waals surface area contributed by atoms with Crippen LogP contribution in [0.25, 0.3) is 0 Å². The SMILES string of the molecule is C[C@]12CCC(=O)C=C1C[C@@H](CCCCCCCOCCCCC#N)C1C2CC[C@@]2(C)C1CC[C@]2(C)O. The van der Waals surface area contributed by atoms with E-state index in [1.54, 1.807) is 0 Å². The van der Waals surface area contributed by atoms with Gasteiger partial charge in [0.15, 0.2) is 5.78 Å². The number of rotatable bonds is 12. The molecule has 0 amide bonds. The van der Waals surface area contributed by atoms with Crippen molar-refractivity contribution in [2.24, 2.45) is 34.5 Å². The van der Waals surface area contributed by atoms with Crippen molar-refractivity contribution in [1.82, 2.24) is 0 Å². The maximum atomic E-state index is 12.4. The summed E-state index contributed by atoms with van der Waals surface area (Å²) in [6.07, 6.45) is 19.4. The average Bonchev–Trinajstić information content (AvgIpc) is 3.09. The van der Waals surface area contributed by atoms with Gasteiger partial charge in [-0.05, 0) is 112 Å². The molecule has 4 aliphatic rings. The lowest BCUT2D eigenvalue weighted by atomic mass is 9.44. The van der Waals surface area contributed by atoms with E-state index in [0.29, 0.717) is 35.9 Å². The first-order valence-corrected chi connectivity index (χ1v) is 15.1. The van der Waals surface area contributed by atoms with Crippen LogP contribution in [0.15, 0.2) is 11.6 Å². The molecule has 1 N–H and O–H groups in total. The van der Waals surface area contributed by atoms with Gasteiger partial charge in [0.1, 0.15) is 0 Å². The lowest BCUT2D eigenvalue weighted by Crippen LogP contribution is -2.56. The second-order valence-electron chi connectivity index (χ2n) is 13.4. The molecule has 202 valence electrons. The maximum Gasteiger partial charge on any atom is 0.155 e. The highest BCUT2D eigenvalue weighted by Crippen LogP contribution is 2.69. The third-order valence-electron chi connectivity index (χ3n) is 11.4. The summed E-state index contributed by atoms with van der Waals surface area (Å²) < 4.78 is 5.71. The predicted molar refractivity (Wildman–Crippen MR) is 144 cm³/mol. The number of allylic oxidation sites excluding steroid dienone is 1. The summed E-state index contributed by atoms with van der Waals surface area (Å²) in [5.41, 5.74) is 1.16. The number of carbonyl (C=O) groups excluding carboxylic acids is 1. The van der Waals surface area contributed by atoms with Gasteiger partial charge in [-0.1, -0.05) is 45.1 Å². The van der Waals surface area contributed by atoms with Crippen LogP contribution in [0.3, 0.4) is 0 Å². The Hall–Kier alpha value is -1.18. The predicted octanol–water partition coefficient (Wildman–Crippen LogP) is 7.55. The van der Waals surface area contributed by atoms with Gasteiger partial charge in [0.2, 0.25) is 0 Å². The molecule has 3 fully saturated rings. The zero-order valence-electron chi connectivity index (χ0n) is 23.3. The fourth-order valence-corrected chi connectivity index (χ4v) is 8.90. The molecule has 0 bridgehead atoms. The average molecular weight is 498 g/mol. The van der Waals surface area contributed by atoms with Crippen LogP contribution in [0.2, 0.25) is 0 Å². The summed E-state index contributed by atoms with van der Waals surface area (Å²) in [6, 6.07) is 2.19. The number of hydrogen-bond donors (Lipinski definition) is 1. The molecule has 4 heteroatoms. The Kier molecular flexibility index (Phi) is 9.04. The van der Waals surface area contributed by atoms with E-state index in [-0.39, 0.29) is 10.8 Å². The number of ether oxygens (including phenoxy) is 1. The minimum Gasteiger partial charge on any atom is -0.390 e. The van der Waals surface area contributed by atoms with Gasteiger partial charge < -0.3 is 9.84 Å². The van der Waals surface area contributed by atoms with Crippen LogP contribution in [-0.4, -0.2) is 29.7 Å². The zero-order valence-corrected chi connectivity index (χ0v) is 23.3. The second-order valence-corrected chi connectivity index (χ2v) is 13.4. The van der Waals surface area contributed by atoms with E-state index in [9.17, 15) is 9.90 Å². The highest BCUT2D eigenvalue weighted by molar-refractivity contribution is 5.91. The van der Waals surface area contributed by atoms with Gasteiger partial charge in [0.25, 0.3) is 0 Å². The van der Waals surface area contributed by atoms with Gasteiger partial charge in [-0.15, -0.1) is 0 Å². The Bertz CT molecular complexity index is 841. The number of nitriles is 1. The molecule has 0 aromatic carbocycles. The number of ketones is 1. The zero-order chi connectivity index (χ0) is 25.8. The Labute approximate surface area is 220 Å². The van der Waals surface area contributed by atoms with E-state index in [1.165, 1.54) is 50.5 Å². The lowest BCUT2D eigenvalue weighted by Gasteiger charge is -2.61. The van der Waals surface area contributed by atoms with Crippen molar-refractivity contribution in [3.8, 4) is 6.07 Å². The largest absolute Gasteiger partial charge is 0.390 e. The molecular formula is C32H51NO3. The topological polar surface area (TPSA) is 70.3 Å². The van der Waals surface area contributed by atoms with E-state index in [0.717, 1.165) is 64.6 Å². The molecule has 36 heavy (non-hydrogen) atoms. The first kappa shape index (κ1) is 27.8. The van der Waals surface area contributed by atoms with E-state index in [2.05, 4.69) is 26.8 Å². The summed E-state index contributed by atoms with van der Waals surface area (Å²) in [5.74, 6) is 3.00. The van der Waals surface area contributed by atoms with Crippen molar-refractivity contribution in [3.63, 3.8) is 0 Å². The molecule has 4 rings (SSSR count). The standard InChI is InChI=1S/C32H51NO3/c1-30-16-13-26(34)23-25(30)22-24(12-8-5-4-6-10-20-36-21-11-7-9-19-33)29-27(30)14-17-31(2)28(29)15-18-32(31,3)35/h23-24,27-29,35H,4-18,20-22H2,1-3H3/t24-,27?,28?,29?,30+,31+,32+/m1/s1. The number of unbranched alkanes of at least 4 members (excludes halogenated alkanes) is 6. The molecule has 0 heterocycles. The molecule has 3 unspecified atom stereocenters. The van der Waals surface area contributed by atoms with Crippen LogP contribution < -0.4 is 0 Å². The van der Waals surface area contributed by atoms with Gasteiger partial charge in [-0.2, -0.15) is 5.26 Å². The second kappa shape index (κ2) is 11.7. The van der Waals surface area contributed by atoms with Crippen molar-refractivity contribution in [1.29, 1.82) is 5.26 Å².